The lowest BCUT2D eigenvalue weighted by molar-refractivity contribution is -0.142. The highest BCUT2D eigenvalue weighted by Gasteiger charge is 2.20. The van der Waals surface area contributed by atoms with Crippen LogP contribution in [0, 0.1) is 0 Å². The van der Waals surface area contributed by atoms with Crippen molar-refractivity contribution in [3.05, 3.63) is 17.2 Å². The molecule has 2 N–H and O–H groups in total. The maximum Gasteiger partial charge on any atom is 0.320 e. The molecule has 7 nitrogen and oxygen atoms in total. The molecule has 0 saturated carbocycles. The summed E-state index contributed by atoms with van der Waals surface area (Å²) < 4.78 is 10.2. The number of ether oxygens (including phenoxy) is 2. The molecule has 0 spiro atoms. The minimum absolute atomic E-state index is 0.0818. The fraction of sp³-hybridized carbons (Fsp3) is 0.429. The van der Waals surface area contributed by atoms with Crippen LogP contribution in [0.15, 0.2) is 12.1 Å². The van der Waals surface area contributed by atoms with E-state index in [1.807, 2.05) is 0 Å². The first-order valence-corrected chi connectivity index (χ1v) is 6.82. The number of hydrogen-bond acceptors (Lipinski definition) is 5. The van der Waals surface area contributed by atoms with Crippen LogP contribution in [0.2, 0.25) is 5.02 Å². The van der Waals surface area contributed by atoms with E-state index in [1.54, 1.807) is 13.1 Å². The molecule has 1 aromatic carbocycles. The van der Waals surface area contributed by atoms with Gasteiger partial charge in [-0.3, -0.25) is 14.5 Å². The third-order valence-electron chi connectivity index (χ3n) is 3.16. The number of hydrogen-bond donors (Lipinski definition) is 2. The zero-order valence-corrected chi connectivity index (χ0v) is 13.6. The SMILES string of the molecule is COc1cc(NC(=O)CN(C)C(C)C(=O)O)c(OC)cc1Cl. The maximum atomic E-state index is 12.0. The van der Waals surface area contributed by atoms with Gasteiger partial charge >= 0.3 is 5.97 Å². The molecule has 0 bridgehead atoms. The van der Waals surface area contributed by atoms with Gasteiger partial charge in [0.2, 0.25) is 5.91 Å². The molecule has 0 radical (unpaired) electrons. The Morgan fingerprint density at radius 3 is 2.41 bits per heavy atom. The second-order valence-corrected chi connectivity index (χ2v) is 5.07. The third kappa shape index (κ3) is 4.51. The van der Waals surface area contributed by atoms with Gasteiger partial charge in [0.1, 0.15) is 17.5 Å². The van der Waals surface area contributed by atoms with E-state index in [0.717, 1.165) is 0 Å². The van der Waals surface area contributed by atoms with Crippen LogP contribution < -0.4 is 14.8 Å². The van der Waals surface area contributed by atoms with Gasteiger partial charge in [0.05, 0.1) is 31.5 Å². The molecule has 8 heteroatoms. The van der Waals surface area contributed by atoms with Crippen molar-refractivity contribution in [3.8, 4) is 11.5 Å². The van der Waals surface area contributed by atoms with Crippen molar-refractivity contribution in [2.75, 3.05) is 33.1 Å². The highest BCUT2D eigenvalue weighted by Crippen LogP contribution is 2.35. The second kappa shape index (κ2) is 7.86. The van der Waals surface area contributed by atoms with Crippen molar-refractivity contribution in [2.24, 2.45) is 0 Å². The molecule has 22 heavy (non-hydrogen) atoms. The lowest BCUT2D eigenvalue weighted by atomic mass is 10.2. The van der Waals surface area contributed by atoms with E-state index in [4.69, 9.17) is 26.2 Å². The van der Waals surface area contributed by atoms with Gasteiger partial charge in [-0.15, -0.1) is 0 Å². The number of likely N-dealkylation sites (N-methyl/N-ethyl adjacent to an activating group) is 1. The Labute approximate surface area is 133 Å². The van der Waals surface area contributed by atoms with Crippen LogP contribution >= 0.6 is 11.6 Å². The first-order valence-electron chi connectivity index (χ1n) is 6.44. The van der Waals surface area contributed by atoms with Crippen molar-refractivity contribution in [1.82, 2.24) is 4.90 Å². The second-order valence-electron chi connectivity index (χ2n) is 4.66. The summed E-state index contributed by atoms with van der Waals surface area (Å²) >= 11 is 5.99. The summed E-state index contributed by atoms with van der Waals surface area (Å²) in [7, 11) is 4.46. The summed E-state index contributed by atoms with van der Waals surface area (Å²) in [6, 6.07) is 2.30. The monoisotopic (exact) mass is 330 g/mol. The Morgan fingerprint density at radius 1 is 1.32 bits per heavy atom. The van der Waals surface area contributed by atoms with Crippen molar-refractivity contribution < 1.29 is 24.2 Å². The number of carboxylic acids is 1. The average molecular weight is 331 g/mol. The fourth-order valence-corrected chi connectivity index (χ4v) is 1.93. The summed E-state index contributed by atoms with van der Waals surface area (Å²) in [5, 5.41) is 11.9. The molecule has 0 aliphatic rings. The zero-order chi connectivity index (χ0) is 16.9. The number of amides is 1. The molecule has 0 aliphatic heterocycles. The van der Waals surface area contributed by atoms with E-state index in [1.165, 1.54) is 32.1 Å². The zero-order valence-electron chi connectivity index (χ0n) is 12.8. The first kappa shape index (κ1) is 18.1. The number of anilines is 1. The van der Waals surface area contributed by atoms with E-state index in [2.05, 4.69) is 5.32 Å². The van der Waals surface area contributed by atoms with E-state index in [0.29, 0.717) is 22.2 Å². The van der Waals surface area contributed by atoms with E-state index in [-0.39, 0.29) is 12.5 Å². The molecule has 1 aromatic rings. The van der Waals surface area contributed by atoms with Gasteiger partial charge in [-0.05, 0) is 14.0 Å². The van der Waals surface area contributed by atoms with Crippen LogP contribution in [0.3, 0.4) is 0 Å². The van der Waals surface area contributed by atoms with Crippen LogP contribution in [-0.4, -0.2) is 55.7 Å². The first-order chi connectivity index (χ1) is 10.3. The highest BCUT2D eigenvalue weighted by molar-refractivity contribution is 6.32. The minimum Gasteiger partial charge on any atom is -0.495 e. The van der Waals surface area contributed by atoms with Crippen molar-refractivity contribution in [3.63, 3.8) is 0 Å². The molecule has 0 saturated heterocycles. The lowest BCUT2D eigenvalue weighted by Gasteiger charge is -2.21. The smallest absolute Gasteiger partial charge is 0.320 e. The summed E-state index contributed by atoms with van der Waals surface area (Å²) in [6.07, 6.45) is 0. The number of halogens is 1. The molecule has 1 rings (SSSR count). The Bertz CT molecular complexity index is 564. The van der Waals surface area contributed by atoms with E-state index >= 15 is 0 Å². The summed E-state index contributed by atoms with van der Waals surface area (Å²) in [5.74, 6) is -0.600. The van der Waals surface area contributed by atoms with Crippen molar-refractivity contribution in [1.29, 1.82) is 0 Å². The molecular weight excluding hydrogens is 312 g/mol. The number of methoxy groups -OCH3 is 2. The minimum atomic E-state index is -0.999. The summed E-state index contributed by atoms with van der Waals surface area (Å²) in [6.45, 7) is 1.42. The molecule has 0 aromatic heterocycles. The van der Waals surface area contributed by atoms with Crippen LogP contribution in [0.5, 0.6) is 11.5 Å². The van der Waals surface area contributed by atoms with Gasteiger partial charge in [-0.1, -0.05) is 11.6 Å². The predicted octanol–water partition coefficient (Wildman–Crippen LogP) is 1.70. The molecule has 0 heterocycles. The molecule has 1 amide bonds. The number of carbonyl (C=O) groups is 2. The van der Waals surface area contributed by atoms with Crippen LogP contribution in [-0.2, 0) is 9.59 Å². The Morgan fingerprint density at radius 2 is 1.91 bits per heavy atom. The molecule has 0 fully saturated rings. The Balaban J connectivity index is 2.85. The van der Waals surface area contributed by atoms with Crippen LogP contribution in [0.25, 0.3) is 0 Å². The van der Waals surface area contributed by atoms with Crippen molar-refractivity contribution >= 4 is 29.2 Å². The topological polar surface area (TPSA) is 88.1 Å². The molecule has 1 unspecified atom stereocenters. The van der Waals surface area contributed by atoms with Gasteiger partial charge in [-0.25, -0.2) is 0 Å². The lowest BCUT2D eigenvalue weighted by Crippen LogP contribution is -2.40. The Kier molecular flexibility index (Phi) is 6.45. The molecule has 0 aliphatic carbocycles. The normalized spacial score (nSPS) is 11.9. The predicted molar refractivity (Wildman–Crippen MR) is 82.9 cm³/mol. The number of nitrogens with one attached hydrogen (secondary N) is 1. The number of nitrogens with zero attached hydrogens (tertiary/aromatic N) is 1. The number of rotatable bonds is 7. The number of carbonyl (C=O) groups excluding carboxylic acids is 1. The maximum absolute atomic E-state index is 12.0. The van der Waals surface area contributed by atoms with E-state index < -0.39 is 12.0 Å². The van der Waals surface area contributed by atoms with Gasteiger partial charge < -0.3 is 19.9 Å². The standard InChI is InChI=1S/C14H19ClN2O5/c1-8(14(19)20)17(2)7-13(18)16-10-6-11(21-3)9(15)5-12(10)22-4/h5-6,8H,7H2,1-4H3,(H,16,18)(H,19,20). The highest BCUT2D eigenvalue weighted by atomic mass is 35.5. The molecular formula is C14H19ClN2O5. The molecule has 1 atom stereocenters. The van der Waals surface area contributed by atoms with Gasteiger partial charge in [0.15, 0.2) is 0 Å². The number of benzene rings is 1. The number of carboxylic acid groups (broad SMARTS) is 1. The van der Waals surface area contributed by atoms with Gasteiger partial charge in [0, 0.05) is 12.1 Å². The fourth-order valence-electron chi connectivity index (χ4n) is 1.70. The van der Waals surface area contributed by atoms with Crippen LogP contribution in [0.4, 0.5) is 5.69 Å². The summed E-state index contributed by atoms with van der Waals surface area (Å²) in [5.41, 5.74) is 0.394. The third-order valence-corrected chi connectivity index (χ3v) is 3.45. The quantitative estimate of drug-likeness (QED) is 0.791. The van der Waals surface area contributed by atoms with Gasteiger partial charge in [0.25, 0.3) is 0 Å². The van der Waals surface area contributed by atoms with E-state index in [9.17, 15) is 9.59 Å². The summed E-state index contributed by atoms with van der Waals surface area (Å²) in [4.78, 5) is 24.3. The van der Waals surface area contributed by atoms with Crippen molar-refractivity contribution in [2.45, 2.75) is 13.0 Å². The molecule has 122 valence electrons. The number of aliphatic carboxylic acids is 1. The van der Waals surface area contributed by atoms with Crippen LogP contribution in [0.1, 0.15) is 6.92 Å². The largest absolute Gasteiger partial charge is 0.495 e. The average Bonchev–Trinajstić information content (AvgIpc) is 2.47. The van der Waals surface area contributed by atoms with Gasteiger partial charge in [-0.2, -0.15) is 0 Å². The Hall–Kier alpha value is -1.99.